The number of amides is 1. The smallest absolute Gasteiger partial charge is 0.317 e. The Balaban J connectivity index is 2.26. The minimum atomic E-state index is -1.24. The maximum absolute atomic E-state index is 11.7. The first-order valence-corrected chi connectivity index (χ1v) is 7.49. The maximum atomic E-state index is 11.7. The van der Waals surface area contributed by atoms with Crippen molar-refractivity contribution >= 4 is 23.8 Å². The van der Waals surface area contributed by atoms with E-state index in [2.05, 4.69) is 5.32 Å². The van der Waals surface area contributed by atoms with Crippen molar-refractivity contribution in [3.8, 4) is 0 Å². The summed E-state index contributed by atoms with van der Waals surface area (Å²) in [7, 11) is 0. The Kier molecular flexibility index (Phi) is 8.66. The summed E-state index contributed by atoms with van der Waals surface area (Å²) < 4.78 is 5.04. The van der Waals surface area contributed by atoms with E-state index in [0.29, 0.717) is 0 Å². The summed E-state index contributed by atoms with van der Waals surface area (Å²) >= 11 is 0. The van der Waals surface area contributed by atoms with Crippen molar-refractivity contribution in [2.24, 2.45) is 0 Å². The Morgan fingerprint density at radius 3 is 2.12 bits per heavy atom. The molecule has 0 fully saturated rings. The molecule has 0 saturated heterocycles. The van der Waals surface area contributed by atoms with Crippen LogP contribution in [0, 0.1) is 0 Å². The fourth-order valence-electron chi connectivity index (χ4n) is 1.92. The summed E-state index contributed by atoms with van der Waals surface area (Å²) in [5.41, 5.74) is 0.845. The van der Waals surface area contributed by atoms with Crippen LogP contribution in [0.4, 0.5) is 0 Å². The Morgan fingerprint density at radius 1 is 0.960 bits per heavy atom. The lowest BCUT2D eigenvalue weighted by Crippen LogP contribution is -2.42. The first-order valence-electron chi connectivity index (χ1n) is 7.49. The molecule has 1 aromatic carbocycles. The Labute approximate surface area is 144 Å². The van der Waals surface area contributed by atoms with Gasteiger partial charge in [0.15, 0.2) is 0 Å². The molecule has 1 rings (SSSR count). The summed E-state index contributed by atoms with van der Waals surface area (Å²) in [5, 5.41) is 19.8. The van der Waals surface area contributed by atoms with Gasteiger partial charge in [0.05, 0.1) is 26.1 Å². The summed E-state index contributed by atoms with van der Waals surface area (Å²) in [6.45, 7) is -1.38. The fourth-order valence-corrected chi connectivity index (χ4v) is 1.92. The predicted octanol–water partition coefficient (Wildman–Crippen LogP) is -0.293. The van der Waals surface area contributed by atoms with Gasteiger partial charge in [-0.3, -0.25) is 24.1 Å². The minimum Gasteiger partial charge on any atom is -0.480 e. The second kappa shape index (κ2) is 10.8. The highest BCUT2D eigenvalue weighted by atomic mass is 16.5. The van der Waals surface area contributed by atoms with Crippen molar-refractivity contribution in [3.63, 3.8) is 0 Å². The first kappa shape index (κ1) is 20.1. The summed E-state index contributed by atoms with van der Waals surface area (Å²) in [6.07, 6.45) is -0.0452. The molecule has 0 aliphatic carbocycles. The normalized spacial score (nSPS) is 10.3. The van der Waals surface area contributed by atoms with Gasteiger partial charge in [0.1, 0.15) is 6.61 Å². The molecular formula is C16H20N2O7. The molecule has 9 heteroatoms. The van der Waals surface area contributed by atoms with Crippen LogP contribution in [0.25, 0.3) is 0 Å². The van der Waals surface area contributed by atoms with Gasteiger partial charge in [0, 0.05) is 6.54 Å². The number of carbonyl (C=O) groups is 4. The van der Waals surface area contributed by atoms with E-state index >= 15 is 0 Å². The molecule has 136 valence electrons. The summed E-state index contributed by atoms with van der Waals surface area (Å²) in [4.78, 5) is 45.5. The summed E-state index contributed by atoms with van der Waals surface area (Å²) in [6, 6.07) is 9.12. The van der Waals surface area contributed by atoms with Crippen LogP contribution in [0.15, 0.2) is 30.3 Å². The third kappa shape index (κ3) is 9.72. The van der Waals surface area contributed by atoms with Crippen molar-refractivity contribution in [1.82, 2.24) is 10.2 Å². The van der Waals surface area contributed by atoms with Gasteiger partial charge in [-0.15, -0.1) is 0 Å². The lowest BCUT2D eigenvalue weighted by Gasteiger charge is -2.17. The van der Waals surface area contributed by atoms with Gasteiger partial charge < -0.3 is 20.3 Å². The molecule has 3 N–H and O–H groups in total. The molecule has 0 aliphatic rings. The topological polar surface area (TPSA) is 133 Å². The molecule has 0 radical (unpaired) electrons. The molecule has 0 bridgehead atoms. The quantitative estimate of drug-likeness (QED) is 0.463. The highest BCUT2D eigenvalue weighted by Crippen LogP contribution is 2.01. The largest absolute Gasteiger partial charge is 0.480 e. The molecule has 25 heavy (non-hydrogen) atoms. The Bertz CT molecular complexity index is 588. The van der Waals surface area contributed by atoms with E-state index in [4.69, 9.17) is 14.9 Å². The number of hydrogen-bond donors (Lipinski definition) is 3. The van der Waals surface area contributed by atoms with Crippen molar-refractivity contribution < 1.29 is 34.1 Å². The standard InChI is InChI=1S/C16H20N2O7/c19-13(8-18(9-14(20)21)10-15(22)23)17-7-6-16(24)25-11-12-4-2-1-3-5-12/h1-5H,6-11H2,(H,17,19)(H,20,21)(H,22,23). The van der Waals surface area contributed by atoms with E-state index in [1.165, 1.54) is 0 Å². The highest BCUT2D eigenvalue weighted by molar-refractivity contribution is 5.81. The van der Waals surface area contributed by atoms with Crippen LogP contribution in [0.3, 0.4) is 0 Å². The van der Waals surface area contributed by atoms with Crippen LogP contribution in [0.2, 0.25) is 0 Å². The van der Waals surface area contributed by atoms with E-state index in [1.807, 2.05) is 30.3 Å². The van der Waals surface area contributed by atoms with Gasteiger partial charge in [-0.25, -0.2) is 0 Å². The molecule has 0 heterocycles. The van der Waals surface area contributed by atoms with Crippen LogP contribution in [0.5, 0.6) is 0 Å². The second-order valence-electron chi connectivity index (χ2n) is 5.18. The average Bonchev–Trinajstić information content (AvgIpc) is 2.52. The number of benzene rings is 1. The van der Waals surface area contributed by atoms with Crippen LogP contribution >= 0.6 is 0 Å². The maximum Gasteiger partial charge on any atom is 0.317 e. The van der Waals surface area contributed by atoms with Crippen LogP contribution in [0.1, 0.15) is 12.0 Å². The number of rotatable bonds is 11. The lowest BCUT2D eigenvalue weighted by molar-refractivity contribution is -0.145. The van der Waals surface area contributed by atoms with Gasteiger partial charge in [-0.1, -0.05) is 30.3 Å². The molecular weight excluding hydrogens is 332 g/mol. The molecule has 1 aromatic rings. The van der Waals surface area contributed by atoms with E-state index in [1.54, 1.807) is 0 Å². The highest BCUT2D eigenvalue weighted by Gasteiger charge is 2.17. The first-order chi connectivity index (χ1) is 11.9. The number of aliphatic carboxylic acids is 2. The molecule has 0 saturated carbocycles. The number of ether oxygens (including phenoxy) is 1. The molecule has 9 nitrogen and oxygen atoms in total. The van der Waals surface area contributed by atoms with Gasteiger partial charge in [-0.2, -0.15) is 0 Å². The monoisotopic (exact) mass is 352 g/mol. The molecule has 1 amide bonds. The number of carboxylic acid groups (broad SMARTS) is 2. The number of carbonyl (C=O) groups excluding carboxylic acids is 2. The zero-order valence-corrected chi connectivity index (χ0v) is 13.5. The number of hydrogen-bond acceptors (Lipinski definition) is 6. The van der Waals surface area contributed by atoms with Crippen LogP contribution < -0.4 is 5.32 Å². The van der Waals surface area contributed by atoms with E-state index in [-0.39, 0.29) is 19.6 Å². The van der Waals surface area contributed by atoms with Crippen molar-refractivity contribution in [2.75, 3.05) is 26.2 Å². The van der Waals surface area contributed by atoms with Crippen LogP contribution in [-0.2, 0) is 30.5 Å². The van der Waals surface area contributed by atoms with Crippen LogP contribution in [-0.4, -0.2) is 65.1 Å². The van der Waals surface area contributed by atoms with E-state index < -0.39 is 43.4 Å². The average molecular weight is 352 g/mol. The molecule has 0 aliphatic heterocycles. The predicted molar refractivity (Wildman–Crippen MR) is 85.6 cm³/mol. The van der Waals surface area contributed by atoms with Crippen molar-refractivity contribution in [3.05, 3.63) is 35.9 Å². The van der Waals surface area contributed by atoms with E-state index in [0.717, 1.165) is 10.5 Å². The number of nitrogens with zero attached hydrogens (tertiary/aromatic N) is 1. The number of carboxylic acids is 2. The zero-order chi connectivity index (χ0) is 18.7. The van der Waals surface area contributed by atoms with Gasteiger partial charge in [0.25, 0.3) is 0 Å². The molecule has 0 aromatic heterocycles. The van der Waals surface area contributed by atoms with Gasteiger partial charge in [0.2, 0.25) is 5.91 Å². The fraction of sp³-hybridized carbons (Fsp3) is 0.375. The van der Waals surface area contributed by atoms with Crippen molar-refractivity contribution in [1.29, 1.82) is 0 Å². The Hall–Kier alpha value is -2.94. The third-order valence-electron chi connectivity index (χ3n) is 2.98. The van der Waals surface area contributed by atoms with Gasteiger partial charge >= 0.3 is 17.9 Å². The number of nitrogens with one attached hydrogen (secondary N) is 1. The lowest BCUT2D eigenvalue weighted by atomic mass is 10.2. The molecule has 0 atom stereocenters. The molecule has 0 spiro atoms. The number of esters is 1. The second-order valence-corrected chi connectivity index (χ2v) is 5.18. The molecule has 0 unspecified atom stereocenters. The Morgan fingerprint density at radius 2 is 1.56 bits per heavy atom. The minimum absolute atomic E-state index is 0.0143. The van der Waals surface area contributed by atoms with Crippen molar-refractivity contribution in [2.45, 2.75) is 13.0 Å². The third-order valence-corrected chi connectivity index (χ3v) is 2.98. The summed E-state index contributed by atoms with van der Waals surface area (Å²) in [5.74, 6) is -3.53. The van der Waals surface area contributed by atoms with E-state index in [9.17, 15) is 19.2 Å². The SMILES string of the molecule is O=C(O)CN(CC(=O)O)CC(=O)NCCC(=O)OCc1ccccc1. The zero-order valence-electron chi connectivity index (χ0n) is 13.5. The van der Waals surface area contributed by atoms with Gasteiger partial charge in [-0.05, 0) is 5.56 Å².